The lowest BCUT2D eigenvalue weighted by Crippen LogP contribution is -2.07. The van der Waals surface area contributed by atoms with Gasteiger partial charge in [0.15, 0.2) is 0 Å². The van der Waals surface area contributed by atoms with Crippen molar-refractivity contribution in [3.8, 4) is 0 Å². The first-order chi connectivity index (χ1) is 5.83. The van der Waals surface area contributed by atoms with E-state index in [0.29, 0.717) is 6.61 Å². The highest BCUT2D eigenvalue weighted by Gasteiger charge is 2.02. The summed E-state index contributed by atoms with van der Waals surface area (Å²) in [7, 11) is 0. The number of rotatable bonds is 3. The Hall–Kier alpha value is -1.45. The molecule has 12 heavy (non-hydrogen) atoms. The molecule has 0 spiro atoms. The van der Waals surface area contributed by atoms with Gasteiger partial charge in [-0.2, -0.15) is 10.2 Å². The van der Waals surface area contributed by atoms with Gasteiger partial charge in [-0.15, -0.1) is 0 Å². The van der Waals surface area contributed by atoms with E-state index < -0.39 is 0 Å². The number of nitrogens with zero attached hydrogens (tertiary/aromatic N) is 2. The van der Waals surface area contributed by atoms with Crippen molar-refractivity contribution in [2.24, 2.45) is 0 Å². The number of carbonyl (C=O) groups excluding carboxylic acids is 1. The predicted molar refractivity (Wildman–Crippen MR) is 42.4 cm³/mol. The van der Waals surface area contributed by atoms with Gasteiger partial charge < -0.3 is 4.74 Å². The minimum Gasteiger partial charge on any atom is -0.466 e. The summed E-state index contributed by atoms with van der Waals surface area (Å²) in [5.41, 5.74) is 0.823. The molecule has 4 heteroatoms. The Morgan fingerprint density at radius 2 is 2.42 bits per heavy atom. The molecule has 1 aromatic heterocycles. The zero-order valence-electron chi connectivity index (χ0n) is 6.86. The first-order valence-electron chi connectivity index (χ1n) is 3.74. The van der Waals surface area contributed by atoms with E-state index in [-0.39, 0.29) is 12.4 Å². The van der Waals surface area contributed by atoms with Gasteiger partial charge in [-0.05, 0) is 18.6 Å². The van der Waals surface area contributed by atoms with E-state index in [0.717, 1.165) is 5.56 Å². The molecule has 0 fully saturated rings. The summed E-state index contributed by atoms with van der Waals surface area (Å²) in [5, 5.41) is 7.24. The third-order valence-corrected chi connectivity index (χ3v) is 1.30. The van der Waals surface area contributed by atoms with Gasteiger partial charge in [-0.1, -0.05) is 0 Å². The average molecular weight is 166 g/mol. The minimum absolute atomic E-state index is 0.231. The van der Waals surface area contributed by atoms with Crippen molar-refractivity contribution in [3.63, 3.8) is 0 Å². The normalized spacial score (nSPS) is 9.42. The quantitative estimate of drug-likeness (QED) is 0.616. The van der Waals surface area contributed by atoms with Crippen LogP contribution in [0.2, 0.25) is 0 Å². The Labute approximate surface area is 70.6 Å². The molecular formula is C8H10N2O2. The van der Waals surface area contributed by atoms with Crippen LogP contribution in [-0.2, 0) is 16.0 Å². The van der Waals surface area contributed by atoms with Gasteiger partial charge >= 0.3 is 5.97 Å². The van der Waals surface area contributed by atoms with Gasteiger partial charge in [0.25, 0.3) is 0 Å². The van der Waals surface area contributed by atoms with E-state index in [1.54, 1.807) is 25.4 Å². The highest BCUT2D eigenvalue weighted by Crippen LogP contribution is 1.96. The third kappa shape index (κ3) is 2.65. The lowest BCUT2D eigenvalue weighted by atomic mass is 10.2. The van der Waals surface area contributed by atoms with Crippen molar-refractivity contribution in [2.45, 2.75) is 13.3 Å². The van der Waals surface area contributed by atoms with Crippen LogP contribution in [0, 0.1) is 0 Å². The largest absolute Gasteiger partial charge is 0.466 e. The van der Waals surface area contributed by atoms with E-state index >= 15 is 0 Å². The molecule has 0 unspecified atom stereocenters. The number of aromatic nitrogens is 2. The molecule has 0 N–H and O–H groups in total. The van der Waals surface area contributed by atoms with E-state index in [2.05, 4.69) is 10.2 Å². The van der Waals surface area contributed by atoms with Crippen LogP contribution in [0.15, 0.2) is 18.5 Å². The van der Waals surface area contributed by atoms with Crippen molar-refractivity contribution in [1.29, 1.82) is 0 Å². The Morgan fingerprint density at radius 3 is 3.00 bits per heavy atom. The SMILES string of the molecule is CCOC(=O)Cc1ccnnc1. The monoisotopic (exact) mass is 166 g/mol. The van der Waals surface area contributed by atoms with Gasteiger partial charge in [0.05, 0.1) is 19.2 Å². The molecular weight excluding hydrogens is 156 g/mol. The maximum Gasteiger partial charge on any atom is 0.310 e. The molecule has 0 aliphatic carbocycles. The van der Waals surface area contributed by atoms with E-state index in [1.165, 1.54) is 0 Å². The molecule has 64 valence electrons. The number of hydrogen-bond acceptors (Lipinski definition) is 4. The summed E-state index contributed by atoms with van der Waals surface area (Å²) >= 11 is 0. The predicted octanol–water partition coefficient (Wildman–Crippen LogP) is 0.582. The molecule has 0 aliphatic heterocycles. The van der Waals surface area contributed by atoms with Crippen LogP contribution in [0.3, 0.4) is 0 Å². The van der Waals surface area contributed by atoms with Crippen molar-refractivity contribution in [1.82, 2.24) is 10.2 Å². The number of carbonyl (C=O) groups is 1. The van der Waals surface area contributed by atoms with Crippen LogP contribution < -0.4 is 0 Å². The van der Waals surface area contributed by atoms with E-state index in [1.807, 2.05) is 0 Å². The van der Waals surface area contributed by atoms with Gasteiger partial charge in [-0.25, -0.2) is 0 Å². The smallest absolute Gasteiger partial charge is 0.310 e. The second-order valence-electron chi connectivity index (χ2n) is 2.23. The van der Waals surface area contributed by atoms with Gasteiger partial charge in [0.2, 0.25) is 0 Å². The fourth-order valence-corrected chi connectivity index (χ4v) is 0.801. The Balaban J connectivity index is 2.47. The Bertz CT molecular complexity index is 248. The zero-order valence-corrected chi connectivity index (χ0v) is 6.86. The molecule has 0 saturated heterocycles. The standard InChI is InChI=1S/C8H10N2O2/c1-2-12-8(11)5-7-3-4-9-10-6-7/h3-4,6H,2,5H2,1H3. The maximum atomic E-state index is 10.9. The molecule has 0 atom stereocenters. The number of ether oxygens (including phenoxy) is 1. The molecule has 0 aliphatic rings. The molecule has 0 aromatic carbocycles. The van der Waals surface area contributed by atoms with Crippen molar-refractivity contribution >= 4 is 5.97 Å². The van der Waals surface area contributed by atoms with Crippen molar-refractivity contribution in [3.05, 3.63) is 24.0 Å². The fraction of sp³-hybridized carbons (Fsp3) is 0.375. The third-order valence-electron chi connectivity index (χ3n) is 1.30. The van der Waals surface area contributed by atoms with Crippen molar-refractivity contribution < 1.29 is 9.53 Å². The molecule has 1 aromatic rings. The molecule has 1 rings (SSSR count). The highest BCUT2D eigenvalue weighted by molar-refractivity contribution is 5.72. The summed E-state index contributed by atoms with van der Waals surface area (Å²) in [6.45, 7) is 2.19. The molecule has 0 amide bonds. The van der Waals surface area contributed by atoms with Crippen LogP contribution >= 0.6 is 0 Å². The lowest BCUT2D eigenvalue weighted by Gasteiger charge is -1.99. The van der Waals surface area contributed by atoms with Crippen LogP contribution in [0.4, 0.5) is 0 Å². The first-order valence-corrected chi connectivity index (χ1v) is 3.74. The van der Waals surface area contributed by atoms with Crippen LogP contribution in [-0.4, -0.2) is 22.8 Å². The van der Waals surface area contributed by atoms with Gasteiger partial charge in [0, 0.05) is 6.20 Å². The summed E-state index contributed by atoms with van der Waals surface area (Å²) in [6, 6.07) is 1.74. The van der Waals surface area contributed by atoms with Crippen LogP contribution in [0.5, 0.6) is 0 Å². The Morgan fingerprint density at radius 1 is 1.58 bits per heavy atom. The zero-order chi connectivity index (χ0) is 8.81. The number of hydrogen-bond donors (Lipinski definition) is 0. The Kier molecular flexibility index (Phi) is 3.19. The summed E-state index contributed by atoms with van der Waals surface area (Å²) in [6.07, 6.45) is 3.37. The van der Waals surface area contributed by atoms with Gasteiger partial charge in [0.1, 0.15) is 0 Å². The molecule has 4 nitrogen and oxygen atoms in total. The van der Waals surface area contributed by atoms with Crippen LogP contribution in [0.25, 0.3) is 0 Å². The summed E-state index contributed by atoms with van der Waals surface area (Å²) in [4.78, 5) is 10.9. The second kappa shape index (κ2) is 4.43. The summed E-state index contributed by atoms with van der Waals surface area (Å²) < 4.78 is 4.76. The van der Waals surface area contributed by atoms with Gasteiger partial charge in [-0.3, -0.25) is 4.79 Å². The number of esters is 1. The average Bonchev–Trinajstić information content (AvgIpc) is 2.06. The second-order valence-corrected chi connectivity index (χ2v) is 2.23. The maximum absolute atomic E-state index is 10.9. The summed E-state index contributed by atoms with van der Waals surface area (Å²) in [5.74, 6) is -0.231. The first kappa shape index (κ1) is 8.64. The fourth-order valence-electron chi connectivity index (χ4n) is 0.801. The topological polar surface area (TPSA) is 52.1 Å². The minimum atomic E-state index is -0.231. The van der Waals surface area contributed by atoms with Crippen LogP contribution in [0.1, 0.15) is 12.5 Å². The molecule has 0 saturated carbocycles. The van der Waals surface area contributed by atoms with E-state index in [9.17, 15) is 4.79 Å². The van der Waals surface area contributed by atoms with Crippen molar-refractivity contribution in [2.75, 3.05) is 6.61 Å². The molecule has 1 heterocycles. The molecule has 0 bridgehead atoms. The van der Waals surface area contributed by atoms with E-state index in [4.69, 9.17) is 4.74 Å². The lowest BCUT2D eigenvalue weighted by molar-refractivity contribution is -0.142. The highest BCUT2D eigenvalue weighted by atomic mass is 16.5. The molecule has 0 radical (unpaired) electrons.